The lowest BCUT2D eigenvalue weighted by atomic mass is 9.95. The molecule has 0 aliphatic heterocycles. The smallest absolute Gasteiger partial charge is 0.419 e. The molecule has 3 rings (SSSR count). The van der Waals surface area contributed by atoms with Crippen molar-refractivity contribution >= 4 is 23.0 Å². The normalized spacial score (nSPS) is 12.6. The molecule has 1 aromatic heterocycles. The third-order valence-electron chi connectivity index (χ3n) is 4.89. The fourth-order valence-electron chi connectivity index (χ4n) is 3.60. The van der Waals surface area contributed by atoms with Crippen LogP contribution in [0.15, 0.2) is 36.4 Å². The minimum atomic E-state index is -0.966. The maximum absolute atomic E-state index is 15.0. The van der Waals surface area contributed by atoms with E-state index in [4.69, 9.17) is 9.47 Å². The van der Waals surface area contributed by atoms with Gasteiger partial charge in [0.15, 0.2) is 5.82 Å². The van der Waals surface area contributed by atoms with E-state index >= 15 is 4.39 Å². The van der Waals surface area contributed by atoms with Crippen LogP contribution in [0.2, 0.25) is 0 Å². The molecule has 0 saturated carbocycles. The highest BCUT2D eigenvalue weighted by molar-refractivity contribution is 6.00. The zero-order valence-electron chi connectivity index (χ0n) is 18.5. The molecule has 1 unspecified atom stereocenters. The Hall–Kier alpha value is -3.29. The molecular formula is C24H24F3NO4. The lowest BCUT2D eigenvalue weighted by Gasteiger charge is -2.21. The summed E-state index contributed by atoms with van der Waals surface area (Å²) in [6.07, 6.45) is -0.863. The van der Waals surface area contributed by atoms with E-state index in [-0.39, 0.29) is 23.0 Å². The molecule has 2 aromatic carbocycles. The monoisotopic (exact) mass is 447 g/mol. The van der Waals surface area contributed by atoms with Crippen molar-refractivity contribution in [3.8, 4) is 11.3 Å². The van der Waals surface area contributed by atoms with Gasteiger partial charge >= 0.3 is 12.1 Å². The summed E-state index contributed by atoms with van der Waals surface area (Å²) in [4.78, 5) is 25.3. The Morgan fingerprint density at radius 2 is 1.66 bits per heavy atom. The predicted molar refractivity (Wildman–Crippen MR) is 114 cm³/mol. The zero-order valence-corrected chi connectivity index (χ0v) is 18.5. The molecule has 0 bridgehead atoms. The Labute approximate surface area is 183 Å². The molecule has 32 heavy (non-hydrogen) atoms. The van der Waals surface area contributed by atoms with Gasteiger partial charge in [-0.2, -0.15) is 0 Å². The van der Waals surface area contributed by atoms with Crippen LogP contribution in [0.1, 0.15) is 33.3 Å². The molecule has 0 N–H and O–H groups in total. The first kappa shape index (κ1) is 23.4. The molecule has 0 saturated heterocycles. The van der Waals surface area contributed by atoms with Crippen LogP contribution in [0.25, 0.3) is 22.2 Å². The predicted octanol–water partition coefficient (Wildman–Crippen LogP) is 5.86. The summed E-state index contributed by atoms with van der Waals surface area (Å²) >= 11 is 0. The molecule has 0 aliphatic carbocycles. The minimum absolute atomic E-state index is 0.0224. The number of carbonyl (C=O) groups is 2. The molecule has 0 radical (unpaired) electrons. The van der Waals surface area contributed by atoms with Crippen molar-refractivity contribution in [1.82, 2.24) is 4.57 Å². The first-order chi connectivity index (χ1) is 14.9. The van der Waals surface area contributed by atoms with Gasteiger partial charge in [0.1, 0.15) is 17.2 Å². The summed E-state index contributed by atoms with van der Waals surface area (Å²) in [6.45, 7) is 6.58. The summed E-state index contributed by atoms with van der Waals surface area (Å²) < 4.78 is 54.1. The third-order valence-corrected chi connectivity index (χ3v) is 4.89. The van der Waals surface area contributed by atoms with E-state index in [0.717, 1.165) is 10.6 Å². The van der Waals surface area contributed by atoms with Crippen LogP contribution >= 0.6 is 0 Å². The number of hydrogen-bond donors (Lipinski definition) is 0. The Kier molecular flexibility index (Phi) is 6.34. The van der Waals surface area contributed by atoms with Gasteiger partial charge in [-0.1, -0.05) is 6.92 Å². The number of hydrogen-bond acceptors (Lipinski definition) is 4. The number of fused-ring (bicyclic) bond motifs is 1. The SMILES string of the molecule is COC(=O)C(C)Cc1c(-c2ccc(F)cc2)n(C(=O)OC(C)(C)C)c2c(F)cc(F)cc12. The number of ether oxygens (including phenoxy) is 2. The average Bonchev–Trinajstić information content (AvgIpc) is 3.01. The Morgan fingerprint density at radius 1 is 1.03 bits per heavy atom. The third kappa shape index (κ3) is 4.64. The van der Waals surface area contributed by atoms with Gasteiger partial charge < -0.3 is 9.47 Å². The van der Waals surface area contributed by atoms with Crippen molar-refractivity contribution in [2.24, 2.45) is 5.92 Å². The van der Waals surface area contributed by atoms with Crippen LogP contribution in [0.3, 0.4) is 0 Å². The van der Waals surface area contributed by atoms with Gasteiger partial charge in [0.25, 0.3) is 0 Å². The van der Waals surface area contributed by atoms with Crippen molar-refractivity contribution < 1.29 is 32.2 Å². The van der Waals surface area contributed by atoms with Gasteiger partial charge in [0.05, 0.1) is 24.2 Å². The first-order valence-corrected chi connectivity index (χ1v) is 10.0. The van der Waals surface area contributed by atoms with Crippen molar-refractivity contribution in [3.05, 3.63) is 59.4 Å². The highest BCUT2D eigenvalue weighted by atomic mass is 19.1. The number of carbonyl (C=O) groups excluding carboxylic acids is 2. The number of rotatable bonds is 4. The maximum atomic E-state index is 15.0. The maximum Gasteiger partial charge on any atom is 0.419 e. The molecule has 3 aromatic rings. The van der Waals surface area contributed by atoms with Crippen molar-refractivity contribution in [1.29, 1.82) is 0 Å². The number of esters is 1. The topological polar surface area (TPSA) is 57.5 Å². The summed E-state index contributed by atoms with van der Waals surface area (Å²) in [5, 5.41) is 0.114. The second-order valence-corrected chi connectivity index (χ2v) is 8.56. The van der Waals surface area contributed by atoms with Crippen LogP contribution in [-0.2, 0) is 20.7 Å². The van der Waals surface area contributed by atoms with E-state index in [2.05, 4.69) is 0 Å². The van der Waals surface area contributed by atoms with Gasteiger partial charge in [-0.15, -0.1) is 0 Å². The van der Waals surface area contributed by atoms with Gasteiger partial charge in [-0.25, -0.2) is 22.5 Å². The summed E-state index contributed by atoms with van der Waals surface area (Å²) in [7, 11) is 1.24. The average molecular weight is 447 g/mol. The minimum Gasteiger partial charge on any atom is -0.469 e. The molecule has 1 atom stereocenters. The molecule has 0 amide bonds. The highest BCUT2D eigenvalue weighted by Gasteiger charge is 2.30. The molecule has 170 valence electrons. The van der Waals surface area contributed by atoms with E-state index in [1.54, 1.807) is 27.7 Å². The number of nitrogens with zero attached hydrogens (tertiary/aromatic N) is 1. The van der Waals surface area contributed by atoms with E-state index in [1.165, 1.54) is 31.4 Å². The molecular weight excluding hydrogens is 423 g/mol. The molecule has 0 aliphatic rings. The van der Waals surface area contributed by atoms with Crippen LogP contribution in [0, 0.1) is 23.4 Å². The van der Waals surface area contributed by atoms with Gasteiger partial charge in [-0.05, 0) is 68.7 Å². The number of halogens is 3. The van der Waals surface area contributed by atoms with Gasteiger partial charge in [0, 0.05) is 11.5 Å². The highest BCUT2D eigenvalue weighted by Crippen LogP contribution is 2.38. The quantitative estimate of drug-likeness (QED) is 0.470. The van der Waals surface area contributed by atoms with Crippen LogP contribution in [-0.4, -0.2) is 29.3 Å². The first-order valence-electron chi connectivity index (χ1n) is 10.0. The largest absolute Gasteiger partial charge is 0.469 e. The van der Waals surface area contributed by atoms with Crippen molar-refractivity contribution in [2.75, 3.05) is 7.11 Å². The van der Waals surface area contributed by atoms with E-state index < -0.39 is 41.0 Å². The van der Waals surface area contributed by atoms with Crippen LogP contribution in [0.5, 0.6) is 0 Å². The molecule has 1 heterocycles. The number of aromatic nitrogens is 1. The number of methoxy groups -OCH3 is 1. The zero-order chi connectivity index (χ0) is 23.8. The van der Waals surface area contributed by atoms with Crippen molar-refractivity contribution in [2.45, 2.75) is 39.7 Å². The lowest BCUT2D eigenvalue weighted by Crippen LogP contribution is -2.27. The second kappa shape index (κ2) is 8.68. The van der Waals surface area contributed by atoms with E-state index in [0.29, 0.717) is 17.2 Å². The molecule has 0 spiro atoms. The molecule has 8 heteroatoms. The molecule has 5 nitrogen and oxygen atoms in total. The van der Waals surface area contributed by atoms with Crippen molar-refractivity contribution in [3.63, 3.8) is 0 Å². The van der Waals surface area contributed by atoms with E-state index in [9.17, 15) is 18.4 Å². The van der Waals surface area contributed by atoms with Gasteiger partial charge in [0.2, 0.25) is 0 Å². The standard InChI is InChI=1S/C24H24F3NO4/c1-13(22(29)31-5)10-17-18-11-16(26)12-19(27)21(18)28(23(30)32-24(2,3)4)20(17)14-6-8-15(25)9-7-14/h6-9,11-13H,10H2,1-5H3. The van der Waals surface area contributed by atoms with Crippen LogP contribution in [0.4, 0.5) is 18.0 Å². The molecule has 0 fully saturated rings. The summed E-state index contributed by atoms with van der Waals surface area (Å²) in [5.74, 6) is -3.51. The van der Waals surface area contributed by atoms with Crippen LogP contribution < -0.4 is 0 Å². The lowest BCUT2D eigenvalue weighted by molar-refractivity contribution is -0.144. The Balaban J connectivity index is 2.40. The number of benzene rings is 2. The summed E-state index contributed by atoms with van der Waals surface area (Å²) in [6, 6.07) is 7.00. The summed E-state index contributed by atoms with van der Waals surface area (Å²) in [5.41, 5.74) is -0.181. The Bertz CT molecular complexity index is 1180. The Morgan fingerprint density at radius 3 is 2.22 bits per heavy atom. The van der Waals surface area contributed by atoms with E-state index in [1.807, 2.05) is 0 Å². The fraction of sp³-hybridized carbons (Fsp3) is 0.333. The second-order valence-electron chi connectivity index (χ2n) is 8.56. The van der Waals surface area contributed by atoms with Gasteiger partial charge in [-0.3, -0.25) is 4.79 Å². The fourth-order valence-corrected chi connectivity index (χ4v) is 3.60.